The number of thioether (sulfide) groups is 1. The van der Waals surface area contributed by atoms with Crippen LogP contribution in [0.5, 0.6) is 0 Å². The number of carbonyl (C=O) groups is 1. The maximum Gasteiger partial charge on any atom is 0.266 e. The largest absolute Gasteiger partial charge is 0.342 e. The van der Waals surface area contributed by atoms with Crippen molar-refractivity contribution >= 4 is 28.6 Å². The van der Waals surface area contributed by atoms with Crippen LogP contribution in [-0.2, 0) is 11.2 Å². The van der Waals surface area contributed by atoms with Crippen LogP contribution in [0.25, 0.3) is 16.6 Å². The highest BCUT2D eigenvalue weighted by atomic mass is 32.2. The van der Waals surface area contributed by atoms with E-state index < -0.39 is 0 Å². The first kappa shape index (κ1) is 20.7. The van der Waals surface area contributed by atoms with Gasteiger partial charge in [-0.1, -0.05) is 43.0 Å². The highest BCUT2D eigenvalue weighted by Crippen LogP contribution is 2.27. The molecule has 4 rings (SSSR count). The van der Waals surface area contributed by atoms with Crippen LogP contribution in [0.3, 0.4) is 0 Å². The highest BCUT2D eigenvalue weighted by molar-refractivity contribution is 8.00. The number of hydrogen-bond donors (Lipinski definition) is 0. The first-order valence-corrected chi connectivity index (χ1v) is 11.5. The second-order valence-electron chi connectivity index (χ2n) is 7.72. The molecule has 1 saturated heterocycles. The fourth-order valence-electron chi connectivity index (χ4n) is 3.88. The fourth-order valence-corrected chi connectivity index (χ4v) is 4.89. The number of amides is 1. The maximum absolute atomic E-state index is 13.4. The van der Waals surface area contributed by atoms with Crippen LogP contribution in [0.2, 0.25) is 0 Å². The molecular formula is C24H27N3O2S. The zero-order valence-corrected chi connectivity index (χ0v) is 18.3. The molecule has 1 aromatic heterocycles. The second-order valence-corrected chi connectivity index (χ2v) is 9.03. The lowest BCUT2D eigenvalue weighted by atomic mass is 10.1. The van der Waals surface area contributed by atoms with Crippen LogP contribution in [-0.4, -0.2) is 38.7 Å². The lowest BCUT2D eigenvalue weighted by molar-refractivity contribution is -0.131. The van der Waals surface area contributed by atoms with Gasteiger partial charge in [-0.05, 0) is 62.4 Å². The third-order valence-corrected chi connectivity index (χ3v) is 6.69. The van der Waals surface area contributed by atoms with Crippen LogP contribution < -0.4 is 5.56 Å². The smallest absolute Gasteiger partial charge is 0.266 e. The SMILES string of the molecule is CCc1ccc(-n2c(S[C@@H](C)C(=O)N3CCCCC3)nc3ccccc3c2=O)cc1. The number of aromatic nitrogens is 2. The Hall–Kier alpha value is -2.60. The van der Waals surface area contributed by atoms with Crippen molar-refractivity contribution in [2.75, 3.05) is 13.1 Å². The van der Waals surface area contributed by atoms with Crippen LogP contribution in [0.1, 0.15) is 38.7 Å². The minimum absolute atomic E-state index is 0.107. The van der Waals surface area contributed by atoms with E-state index in [-0.39, 0.29) is 16.7 Å². The van der Waals surface area contributed by atoms with E-state index in [0.717, 1.165) is 38.0 Å². The molecule has 0 unspecified atom stereocenters. The molecule has 5 nitrogen and oxygen atoms in total. The van der Waals surface area contributed by atoms with E-state index in [1.807, 2.05) is 54.3 Å². The summed E-state index contributed by atoms with van der Waals surface area (Å²) in [5.74, 6) is 0.120. The van der Waals surface area contributed by atoms with Crippen molar-refractivity contribution in [1.82, 2.24) is 14.5 Å². The number of piperidine rings is 1. The summed E-state index contributed by atoms with van der Waals surface area (Å²) < 4.78 is 1.65. The number of aryl methyl sites for hydroxylation is 1. The average molecular weight is 422 g/mol. The molecule has 2 aromatic carbocycles. The van der Waals surface area contributed by atoms with Crippen molar-refractivity contribution in [3.63, 3.8) is 0 Å². The lowest BCUT2D eigenvalue weighted by Gasteiger charge is -2.29. The highest BCUT2D eigenvalue weighted by Gasteiger charge is 2.25. The van der Waals surface area contributed by atoms with Crippen molar-refractivity contribution in [2.45, 2.75) is 49.9 Å². The Morgan fingerprint density at radius 1 is 1.07 bits per heavy atom. The Labute approximate surface area is 181 Å². The molecule has 0 radical (unpaired) electrons. The summed E-state index contributed by atoms with van der Waals surface area (Å²) in [5.41, 5.74) is 2.54. The minimum Gasteiger partial charge on any atom is -0.342 e. The molecule has 0 saturated carbocycles. The number of likely N-dealkylation sites (tertiary alicyclic amines) is 1. The van der Waals surface area contributed by atoms with Gasteiger partial charge in [-0.15, -0.1) is 0 Å². The molecule has 1 aliphatic heterocycles. The first-order chi connectivity index (χ1) is 14.6. The molecule has 30 heavy (non-hydrogen) atoms. The summed E-state index contributed by atoms with van der Waals surface area (Å²) in [4.78, 5) is 33.1. The van der Waals surface area contributed by atoms with Gasteiger partial charge in [0.2, 0.25) is 5.91 Å². The standard InChI is InChI=1S/C24H27N3O2S/c1-3-18-11-13-19(14-12-18)27-23(29)20-9-5-6-10-21(20)25-24(27)30-17(2)22(28)26-15-7-4-8-16-26/h5-6,9-14,17H,3-4,7-8,15-16H2,1-2H3/t17-/m0/s1. The van der Waals surface area contributed by atoms with Gasteiger partial charge in [-0.2, -0.15) is 0 Å². The fraction of sp³-hybridized carbons (Fsp3) is 0.375. The van der Waals surface area contributed by atoms with E-state index >= 15 is 0 Å². The monoisotopic (exact) mass is 421 g/mol. The molecule has 0 spiro atoms. The van der Waals surface area contributed by atoms with Crippen LogP contribution in [0.15, 0.2) is 58.5 Å². The molecule has 2 heterocycles. The summed E-state index contributed by atoms with van der Waals surface area (Å²) in [6, 6.07) is 15.4. The number of benzene rings is 2. The van der Waals surface area contributed by atoms with E-state index in [2.05, 4.69) is 6.92 Å². The first-order valence-electron chi connectivity index (χ1n) is 10.6. The molecule has 156 valence electrons. The van der Waals surface area contributed by atoms with Gasteiger partial charge in [0.25, 0.3) is 5.56 Å². The third kappa shape index (κ3) is 4.15. The van der Waals surface area contributed by atoms with Gasteiger partial charge < -0.3 is 4.90 Å². The van der Waals surface area contributed by atoms with E-state index in [4.69, 9.17) is 4.98 Å². The van der Waals surface area contributed by atoms with Crippen molar-refractivity contribution < 1.29 is 4.79 Å². The van der Waals surface area contributed by atoms with Crippen molar-refractivity contribution in [2.24, 2.45) is 0 Å². The van der Waals surface area contributed by atoms with Gasteiger partial charge in [-0.3, -0.25) is 14.2 Å². The van der Waals surface area contributed by atoms with Gasteiger partial charge in [0.05, 0.1) is 21.8 Å². The Bertz CT molecular complexity index is 1100. The number of carbonyl (C=O) groups excluding carboxylic acids is 1. The molecule has 1 amide bonds. The van der Waals surface area contributed by atoms with Crippen molar-refractivity contribution in [1.29, 1.82) is 0 Å². The second kappa shape index (κ2) is 9.04. The van der Waals surface area contributed by atoms with Crippen molar-refractivity contribution in [3.05, 3.63) is 64.4 Å². The van der Waals surface area contributed by atoms with Crippen molar-refractivity contribution in [3.8, 4) is 5.69 Å². The van der Waals surface area contributed by atoms with Gasteiger partial charge in [0, 0.05) is 13.1 Å². The van der Waals surface area contributed by atoms with E-state index in [9.17, 15) is 9.59 Å². The Morgan fingerprint density at radius 3 is 2.47 bits per heavy atom. The summed E-state index contributed by atoms with van der Waals surface area (Å²) in [5, 5.41) is 0.828. The Kier molecular flexibility index (Phi) is 6.23. The number of hydrogen-bond acceptors (Lipinski definition) is 4. The van der Waals surface area contributed by atoms with Gasteiger partial charge in [0.15, 0.2) is 5.16 Å². The van der Waals surface area contributed by atoms with E-state index in [0.29, 0.717) is 16.1 Å². The quantitative estimate of drug-likeness (QED) is 0.451. The molecule has 1 aliphatic rings. The van der Waals surface area contributed by atoms with Gasteiger partial charge in [0.1, 0.15) is 0 Å². The van der Waals surface area contributed by atoms with Crippen LogP contribution in [0.4, 0.5) is 0 Å². The number of nitrogens with zero attached hydrogens (tertiary/aromatic N) is 3. The minimum atomic E-state index is -0.308. The summed E-state index contributed by atoms with van der Waals surface area (Å²) in [6.45, 7) is 5.65. The van der Waals surface area contributed by atoms with Crippen LogP contribution >= 0.6 is 11.8 Å². The number of rotatable bonds is 5. The van der Waals surface area contributed by atoms with E-state index in [1.165, 1.54) is 23.7 Å². The number of para-hydroxylation sites is 1. The lowest BCUT2D eigenvalue weighted by Crippen LogP contribution is -2.40. The Balaban J connectivity index is 1.75. The molecule has 0 aliphatic carbocycles. The predicted molar refractivity (Wildman–Crippen MR) is 122 cm³/mol. The van der Waals surface area contributed by atoms with Crippen LogP contribution in [0, 0.1) is 0 Å². The zero-order chi connectivity index (χ0) is 21.1. The molecule has 6 heteroatoms. The molecule has 0 bridgehead atoms. The molecule has 1 atom stereocenters. The topological polar surface area (TPSA) is 55.2 Å². The predicted octanol–water partition coefficient (Wildman–Crippen LogP) is 4.44. The molecule has 3 aromatic rings. The zero-order valence-electron chi connectivity index (χ0n) is 17.5. The third-order valence-electron chi connectivity index (χ3n) is 5.65. The summed E-state index contributed by atoms with van der Waals surface area (Å²) >= 11 is 1.37. The summed E-state index contributed by atoms with van der Waals surface area (Å²) in [7, 11) is 0. The summed E-state index contributed by atoms with van der Waals surface area (Å²) in [6.07, 6.45) is 4.25. The molecular weight excluding hydrogens is 394 g/mol. The normalized spacial score (nSPS) is 15.3. The number of fused-ring (bicyclic) bond motifs is 1. The molecule has 0 N–H and O–H groups in total. The molecule has 1 fully saturated rings. The van der Waals surface area contributed by atoms with Gasteiger partial charge in [-0.25, -0.2) is 4.98 Å². The van der Waals surface area contributed by atoms with E-state index in [1.54, 1.807) is 10.6 Å². The average Bonchev–Trinajstić information content (AvgIpc) is 2.79. The van der Waals surface area contributed by atoms with Gasteiger partial charge >= 0.3 is 0 Å². The Morgan fingerprint density at radius 2 is 1.77 bits per heavy atom. The maximum atomic E-state index is 13.4.